The number of nitrogens with zero attached hydrogens (tertiary/aromatic N) is 1. The van der Waals surface area contributed by atoms with Gasteiger partial charge in [-0.1, -0.05) is 149 Å². The van der Waals surface area contributed by atoms with Gasteiger partial charge in [-0.3, -0.25) is 43.2 Å². The molecule has 1 saturated heterocycles. The van der Waals surface area contributed by atoms with E-state index in [0.29, 0.717) is 35.1 Å². The number of hydrogen-bond donors (Lipinski definition) is 13. The number of amides is 9. The lowest BCUT2D eigenvalue weighted by Crippen LogP contribution is -2.62. The summed E-state index contributed by atoms with van der Waals surface area (Å²) in [5, 5.41) is 32.4. The Morgan fingerprint density at radius 3 is 1.56 bits per heavy atom. The third-order valence-electron chi connectivity index (χ3n) is 15.6. The molecule has 1 aliphatic rings. The van der Waals surface area contributed by atoms with Crippen LogP contribution in [-0.4, -0.2) is 159 Å². The van der Waals surface area contributed by atoms with Gasteiger partial charge in [0.1, 0.15) is 42.3 Å². The van der Waals surface area contributed by atoms with Crippen LogP contribution in [0.2, 0.25) is 0 Å². The van der Waals surface area contributed by atoms with Gasteiger partial charge in [0.25, 0.3) is 0 Å². The molecule has 0 bridgehead atoms. The number of aliphatic hydroxyl groups excluding tert-OH is 1. The van der Waals surface area contributed by atoms with Gasteiger partial charge in [-0.05, 0) is 79.1 Å². The van der Waals surface area contributed by atoms with Crippen molar-refractivity contribution < 1.29 is 48.3 Å². The monoisotopic (exact) mass is 1280 g/mol. The maximum atomic E-state index is 15.4. The normalized spacial score (nSPS) is 21.3. The number of nitrogens with one attached hydrogen (secondary N) is 9. The molecule has 7 aromatic rings. The number of unbranched alkanes of at least 4 members (excludes halogenated alkanes) is 1. The number of aromatic amines is 2. The summed E-state index contributed by atoms with van der Waals surface area (Å²) in [4.78, 5) is 139. The first kappa shape index (κ1) is 67.9. The van der Waals surface area contributed by atoms with Gasteiger partial charge in [0, 0.05) is 77.9 Å². The zero-order chi connectivity index (χ0) is 64.8. The molecule has 91 heavy (non-hydrogen) atoms. The number of carbonyl (C=O) groups is 9. The highest BCUT2D eigenvalue weighted by molar-refractivity contribution is 8.76. The van der Waals surface area contributed by atoms with E-state index >= 15 is 14.4 Å². The van der Waals surface area contributed by atoms with Crippen LogP contribution in [0, 0.1) is 0 Å². The van der Waals surface area contributed by atoms with Crippen LogP contribution in [0.3, 0.4) is 0 Å². The lowest BCUT2D eigenvalue weighted by atomic mass is 10.00. The zero-order valence-electron chi connectivity index (χ0n) is 50.4. The number of hydrogen-bond acceptors (Lipinski definition) is 14. The molecule has 1 fully saturated rings. The molecule has 3 heterocycles. The van der Waals surface area contributed by atoms with E-state index in [4.69, 9.17) is 17.2 Å². The smallest absolute Gasteiger partial charge is 0.245 e. The summed E-state index contributed by atoms with van der Waals surface area (Å²) in [5.74, 6) is -7.28. The second kappa shape index (κ2) is 33.7. The lowest BCUT2D eigenvalue weighted by molar-refractivity contribution is -0.140. The third kappa shape index (κ3) is 19.7. The Labute approximate surface area is 535 Å². The number of carbonyl (C=O) groups excluding carboxylic acids is 9. The predicted octanol–water partition coefficient (Wildman–Crippen LogP) is 2.10. The molecule has 25 heteroatoms. The van der Waals surface area contributed by atoms with Crippen molar-refractivity contribution in [2.24, 2.45) is 17.2 Å². The number of fused-ring (bicyclic) bond motifs is 2. The molecule has 2 aromatic heterocycles. The summed E-state index contributed by atoms with van der Waals surface area (Å²) < 4.78 is 0. The molecule has 16 N–H and O–H groups in total. The molecule has 0 spiro atoms. The molecular formula is C66H79N13O10S2. The fourth-order valence-corrected chi connectivity index (χ4v) is 12.9. The van der Waals surface area contributed by atoms with Gasteiger partial charge in [0.15, 0.2) is 0 Å². The largest absolute Gasteiger partial charge is 0.391 e. The Morgan fingerprint density at radius 2 is 1.03 bits per heavy atom. The first-order valence-corrected chi connectivity index (χ1v) is 32.7. The molecule has 23 nitrogen and oxygen atoms in total. The summed E-state index contributed by atoms with van der Waals surface area (Å²) in [7, 11) is 2.34. The number of para-hydroxylation sites is 2. The minimum Gasteiger partial charge on any atom is -0.391 e. The van der Waals surface area contributed by atoms with Crippen LogP contribution in [-0.2, 0) is 75.3 Å². The average Bonchev–Trinajstić information content (AvgIpc) is 2.15. The Morgan fingerprint density at radius 1 is 0.571 bits per heavy atom. The van der Waals surface area contributed by atoms with Crippen molar-refractivity contribution in [3.05, 3.63) is 180 Å². The van der Waals surface area contributed by atoms with E-state index in [-0.39, 0.29) is 63.1 Å². The number of benzene rings is 5. The van der Waals surface area contributed by atoms with Crippen molar-refractivity contribution in [3.8, 4) is 0 Å². The van der Waals surface area contributed by atoms with Crippen molar-refractivity contribution in [2.45, 2.75) is 113 Å². The van der Waals surface area contributed by atoms with Crippen molar-refractivity contribution in [3.63, 3.8) is 0 Å². The molecule has 480 valence electrons. The van der Waals surface area contributed by atoms with E-state index in [0.717, 1.165) is 38.2 Å². The molecule has 5 aromatic carbocycles. The Hall–Kier alpha value is -9.01. The number of aromatic nitrogens is 2. The van der Waals surface area contributed by atoms with Gasteiger partial charge in [-0.2, -0.15) is 0 Å². The number of aliphatic hydroxyl groups is 1. The molecule has 0 saturated carbocycles. The summed E-state index contributed by atoms with van der Waals surface area (Å²) in [6.45, 7) is 0.832. The van der Waals surface area contributed by atoms with Crippen LogP contribution in [0.15, 0.2) is 152 Å². The second-order valence-electron chi connectivity index (χ2n) is 22.5. The fourth-order valence-electron chi connectivity index (χ4n) is 10.8. The Kier molecular flexibility index (Phi) is 25.2. The topological polar surface area (TPSA) is 371 Å². The molecule has 0 aliphatic carbocycles. The number of nitrogens with two attached hydrogens (primary N) is 3. The zero-order valence-corrected chi connectivity index (χ0v) is 52.1. The highest BCUT2D eigenvalue weighted by Crippen LogP contribution is 2.25. The summed E-state index contributed by atoms with van der Waals surface area (Å²) >= 11 is 0. The van der Waals surface area contributed by atoms with Crippen LogP contribution in [0.25, 0.3) is 21.8 Å². The molecule has 1 aliphatic heterocycles. The van der Waals surface area contributed by atoms with E-state index in [1.165, 1.54) is 22.6 Å². The predicted molar refractivity (Wildman–Crippen MR) is 351 cm³/mol. The minimum absolute atomic E-state index is 0.0109. The molecule has 9 atom stereocenters. The first-order valence-electron chi connectivity index (χ1n) is 30.2. The van der Waals surface area contributed by atoms with Crippen LogP contribution in [0.5, 0.6) is 0 Å². The third-order valence-corrected chi connectivity index (χ3v) is 18.0. The quantitative estimate of drug-likeness (QED) is 0.0408. The van der Waals surface area contributed by atoms with E-state index < -0.39 is 114 Å². The van der Waals surface area contributed by atoms with Gasteiger partial charge >= 0.3 is 0 Å². The van der Waals surface area contributed by atoms with Gasteiger partial charge in [-0.15, -0.1) is 0 Å². The van der Waals surface area contributed by atoms with Crippen molar-refractivity contribution in [1.29, 1.82) is 0 Å². The molecular weight excluding hydrogens is 1200 g/mol. The molecule has 0 radical (unpaired) electrons. The van der Waals surface area contributed by atoms with E-state index in [9.17, 15) is 33.9 Å². The summed E-state index contributed by atoms with van der Waals surface area (Å²) in [6, 6.07) is 30.2. The lowest BCUT2D eigenvalue weighted by Gasteiger charge is -2.30. The first-order chi connectivity index (χ1) is 43.9. The molecule has 8 rings (SSSR count). The SMILES string of the molecule is C[C@@H](O)[C@@H]1NC(=O)[C@@H](CCCCN)NC(=O)[C@@H](Cc2c[nH]c3ccccc23)NC(=O)[C@@H](Cc2c[nH]c3ccccc23)NC(=O)[C@H](Cc2ccccc2)NC(=O)C(NC(=O)C(N)Cc2ccccc2)CSSCCN(CC(N)=O)C(=O)[C@@H](Cc2ccccc2)NC1=O. The molecule has 2 unspecified atom stereocenters. The second-order valence-corrected chi connectivity index (χ2v) is 25.1. The number of rotatable bonds is 19. The van der Waals surface area contributed by atoms with Gasteiger partial charge in [0.2, 0.25) is 53.2 Å². The summed E-state index contributed by atoms with van der Waals surface area (Å²) in [5.41, 5.74) is 22.9. The van der Waals surface area contributed by atoms with E-state index in [1.807, 2.05) is 78.9 Å². The van der Waals surface area contributed by atoms with Crippen LogP contribution in [0.1, 0.15) is 54.0 Å². The highest BCUT2D eigenvalue weighted by atomic mass is 33.1. The van der Waals surface area contributed by atoms with Crippen LogP contribution < -0.4 is 54.4 Å². The number of primary amides is 1. The van der Waals surface area contributed by atoms with Crippen LogP contribution >= 0.6 is 21.6 Å². The minimum atomic E-state index is -1.71. The maximum Gasteiger partial charge on any atom is 0.245 e. The maximum absolute atomic E-state index is 15.4. The Bertz CT molecular complexity index is 3610. The van der Waals surface area contributed by atoms with Gasteiger partial charge in [-0.25, -0.2) is 0 Å². The van der Waals surface area contributed by atoms with Crippen LogP contribution in [0.4, 0.5) is 0 Å². The number of H-pyrrole nitrogens is 2. The summed E-state index contributed by atoms with van der Waals surface area (Å²) in [6.07, 6.45) is 2.26. The highest BCUT2D eigenvalue weighted by Gasteiger charge is 2.37. The van der Waals surface area contributed by atoms with Crippen molar-refractivity contribution in [1.82, 2.24) is 52.1 Å². The van der Waals surface area contributed by atoms with Gasteiger partial charge < -0.3 is 74.4 Å². The fraction of sp³-hybridized carbons (Fsp3) is 0.348. The van der Waals surface area contributed by atoms with E-state index in [2.05, 4.69) is 47.2 Å². The van der Waals surface area contributed by atoms with E-state index in [1.54, 1.807) is 73.1 Å². The standard InChI is InChI=1S/C66H79N13O10S2/c1-40(80)58-65(88)76-55(33-43-21-9-4-10-22-43)66(89)79(38-57(69)81)29-30-90-91-39-56(77-59(82)48(68)31-41-17-5-2-6-18-41)64(87)73-52(32-42-19-7-3-8-20-42)61(84)74-54(35-45-37-71-50-26-14-12-24-47(45)50)63(86)75-53(34-44-36-70-49-25-13-11-23-46(44)49)62(85)72-51(60(83)78-58)27-15-16-28-67/h2-14,17-26,36-37,40,48,51-56,58,70-71,80H,15-16,27-35,38-39,67-68H2,1H3,(H2,69,81)(H,72,85)(H,73,87)(H,74,84)(H,75,86)(H,76,88)(H,77,82)(H,78,83)/t40-,48?,51-,52+,53-,54-,55-,56?,58+/m1/s1. The molecule has 9 amide bonds. The van der Waals surface area contributed by atoms with Gasteiger partial charge in [0.05, 0.1) is 18.7 Å². The van der Waals surface area contributed by atoms with Crippen molar-refractivity contribution in [2.75, 3.05) is 31.1 Å². The van der Waals surface area contributed by atoms with Crippen molar-refractivity contribution >= 4 is 96.6 Å². The Balaban J connectivity index is 1.20. The average molecular weight is 1280 g/mol.